The van der Waals surface area contributed by atoms with Crippen LogP contribution >= 0.6 is 0 Å². The van der Waals surface area contributed by atoms with Gasteiger partial charge in [-0.25, -0.2) is 9.97 Å². The highest BCUT2D eigenvalue weighted by atomic mass is 16.5. The lowest BCUT2D eigenvalue weighted by atomic mass is 10.0. The zero-order valence-corrected chi connectivity index (χ0v) is 16.2. The molecule has 0 saturated heterocycles. The molecule has 1 atom stereocenters. The molecule has 0 radical (unpaired) electrons. The first-order valence-corrected chi connectivity index (χ1v) is 9.28. The van der Waals surface area contributed by atoms with Crippen molar-refractivity contribution in [2.24, 2.45) is 0 Å². The maximum Gasteiger partial charge on any atom is 0.264 e. The van der Waals surface area contributed by atoms with Crippen molar-refractivity contribution in [1.29, 1.82) is 0 Å². The highest BCUT2D eigenvalue weighted by Gasteiger charge is 2.29. The van der Waals surface area contributed by atoms with Crippen molar-refractivity contribution in [2.45, 2.75) is 66.2 Å². The van der Waals surface area contributed by atoms with Crippen molar-refractivity contribution in [1.82, 2.24) is 14.9 Å². The zero-order valence-electron chi connectivity index (χ0n) is 16.2. The Bertz CT molecular complexity index is 817. The van der Waals surface area contributed by atoms with Crippen LogP contribution in [0.25, 0.3) is 0 Å². The molecule has 0 aliphatic carbocycles. The van der Waals surface area contributed by atoms with Gasteiger partial charge >= 0.3 is 0 Å². The molecule has 138 valence electrons. The number of ether oxygens (including phenoxy) is 1. The first kappa shape index (κ1) is 18.4. The number of nitrogens with zero attached hydrogens (tertiary/aromatic N) is 3. The van der Waals surface area contributed by atoms with Crippen LogP contribution in [-0.4, -0.2) is 26.9 Å². The molecule has 1 aromatic carbocycles. The van der Waals surface area contributed by atoms with Crippen molar-refractivity contribution in [3.8, 4) is 5.75 Å². The van der Waals surface area contributed by atoms with E-state index in [2.05, 4.69) is 35.9 Å². The average Bonchev–Trinajstić information content (AvgIpc) is 3.03. The standard InChI is InChI=1S/C21H27N3O2/c1-6-20-22-10-16-11-24(12-18(16)23-20)21(25)15(5)26-19-9-14(4)7-8-17(19)13(2)3/h7-10,13,15H,6,11-12H2,1-5H3/t15-/m1/s1. The monoisotopic (exact) mass is 353 g/mol. The highest BCUT2D eigenvalue weighted by molar-refractivity contribution is 5.81. The van der Waals surface area contributed by atoms with Crippen molar-refractivity contribution < 1.29 is 9.53 Å². The van der Waals surface area contributed by atoms with Crippen LogP contribution in [-0.2, 0) is 24.3 Å². The molecule has 2 aromatic rings. The molecule has 0 unspecified atom stereocenters. The molecule has 3 rings (SSSR count). The Morgan fingerprint density at radius 2 is 2.04 bits per heavy atom. The van der Waals surface area contributed by atoms with Gasteiger partial charge in [-0.3, -0.25) is 4.79 Å². The molecule has 1 amide bonds. The summed E-state index contributed by atoms with van der Waals surface area (Å²) in [6.07, 6.45) is 2.10. The summed E-state index contributed by atoms with van der Waals surface area (Å²) in [6, 6.07) is 6.17. The summed E-state index contributed by atoms with van der Waals surface area (Å²) in [5.41, 5.74) is 4.23. The number of amides is 1. The topological polar surface area (TPSA) is 55.3 Å². The third-order valence-corrected chi connectivity index (χ3v) is 4.78. The van der Waals surface area contributed by atoms with E-state index in [4.69, 9.17) is 4.74 Å². The predicted molar refractivity (Wildman–Crippen MR) is 101 cm³/mol. The number of hydrogen-bond acceptors (Lipinski definition) is 4. The number of aryl methyl sites for hydroxylation is 2. The zero-order chi connectivity index (χ0) is 18.8. The number of rotatable bonds is 5. The molecule has 0 N–H and O–H groups in total. The molecule has 0 bridgehead atoms. The van der Waals surface area contributed by atoms with Gasteiger partial charge in [-0.1, -0.05) is 32.9 Å². The molecule has 0 saturated carbocycles. The Balaban J connectivity index is 1.72. The number of fused-ring (bicyclic) bond motifs is 1. The largest absolute Gasteiger partial charge is 0.481 e. The summed E-state index contributed by atoms with van der Waals surface area (Å²) in [7, 11) is 0. The molecule has 26 heavy (non-hydrogen) atoms. The molecule has 0 fully saturated rings. The molecular formula is C21H27N3O2. The van der Waals surface area contributed by atoms with Gasteiger partial charge in [-0.2, -0.15) is 0 Å². The Hall–Kier alpha value is -2.43. The third-order valence-electron chi connectivity index (χ3n) is 4.78. The fourth-order valence-corrected chi connectivity index (χ4v) is 3.24. The Morgan fingerprint density at radius 3 is 2.73 bits per heavy atom. The van der Waals surface area contributed by atoms with Gasteiger partial charge in [-0.15, -0.1) is 0 Å². The maximum atomic E-state index is 12.9. The van der Waals surface area contributed by atoms with Crippen LogP contribution in [0.4, 0.5) is 0 Å². The van der Waals surface area contributed by atoms with E-state index in [-0.39, 0.29) is 5.91 Å². The Kier molecular flexibility index (Phi) is 5.25. The molecule has 1 aliphatic heterocycles. The second kappa shape index (κ2) is 7.44. The summed E-state index contributed by atoms with van der Waals surface area (Å²) >= 11 is 0. The minimum atomic E-state index is -0.540. The van der Waals surface area contributed by atoms with E-state index in [1.807, 2.05) is 33.0 Å². The summed E-state index contributed by atoms with van der Waals surface area (Å²) in [5, 5.41) is 0. The highest BCUT2D eigenvalue weighted by Crippen LogP contribution is 2.29. The van der Waals surface area contributed by atoms with Gasteiger partial charge in [0.2, 0.25) is 0 Å². The smallest absolute Gasteiger partial charge is 0.264 e. The SMILES string of the molecule is CCc1ncc2c(n1)CN(C(=O)[C@@H](C)Oc1cc(C)ccc1C(C)C)C2. The van der Waals surface area contributed by atoms with E-state index in [1.54, 1.807) is 4.90 Å². The Labute approximate surface area is 155 Å². The van der Waals surface area contributed by atoms with Crippen LogP contribution in [0.3, 0.4) is 0 Å². The van der Waals surface area contributed by atoms with Gasteiger partial charge in [0.15, 0.2) is 6.10 Å². The number of carbonyl (C=O) groups is 1. The average molecular weight is 353 g/mol. The van der Waals surface area contributed by atoms with Crippen molar-refractivity contribution in [3.63, 3.8) is 0 Å². The number of carbonyl (C=O) groups excluding carboxylic acids is 1. The first-order chi connectivity index (χ1) is 12.4. The molecule has 1 aromatic heterocycles. The van der Waals surface area contributed by atoms with Gasteiger partial charge in [0.05, 0.1) is 12.2 Å². The number of aromatic nitrogens is 2. The lowest BCUT2D eigenvalue weighted by Crippen LogP contribution is -2.37. The minimum absolute atomic E-state index is 0.0164. The van der Waals surface area contributed by atoms with Crippen LogP contribution in [0.15, 0.2) is 24.4 Å². The predicted octanol–water partition coefficient (Wildman–Crippen LogP) is 3.78. The summed E-state index contributed by atoms with van der Waals surface area (Å²) < 4.78 is 6.08. The molecular weight excluding hydrogens is 326 g/mol. The van der Waals surface area contributed by atoms with Crippen LogP contribution in [0, 0.1) is 6.92 Å². The van der Waals surface area contributed by atoms with Gasteiger partial charge < -0.3 is 9.64 Å². The summed E-state index contributed by atoms with van der Waals surface area (Å²) in [6.45, 7) is 11.2. The first-order valence-electron chi connectivity index (χ1n) is 9.28. The summed E-state index contributed by atoms with van der Waals surface area (Å²) in [4.78, 5) is 23.6. The van der Waals surface area contributed by atoms with E-state index in [0.29, 0.717) is 19.0 Å². The van der Waals surface area contributed by atoms with E-state index in [9.17, 15) is 4.79 Å². The molecule has 5 heteroatoms. The van der Waals surface area contributed by atoms with Crippen molar-refractivity contribution in [2.75, 3.05) is 0 Å². The number of hydrogen-bond donors (Lipinski definition) is 0. The van der Waals surface area contributed by atoms with Gasteiger partial charge in [0, 0.05) is 24.7 Å². The van der Waals surface area contributed by atoms with Crippen LogP contribution < -0.4 is 4.74 Å². The lowest BCUT2D eigenvalue weighted by molar-refractivity contribution is -0.138. The summed E-state index contributed by atoms with van der Waals surface area (Å²) in [5.74, 6) is 1.94. The minimum Gasteiger partial charge on any atom is -0.481 e. The normalized spacial score (nSPS) is 14.5. The second-order valence-corrected chi connectivity index (χ2v) is 7.26. The Morgan fingerprint density at radius 1 is 1.27 bits per heavy atom. The van der Waals surface area contributed by atoms with Crippen molar-refractivity contribution in [3.05, 3.63) is 52.6 Å². The van der Waals surface area contributed by atoms with Crippen molar-refractivity contribution >= 4 is 5.91 Å². The third kappa shape index (κ3) is 3.71. The van der Waals surface area contributed by atoms with E-state index >= 15 is 0 Å². The second-order valence-electron chi connectivity index (χ2n) is 7.26. The van der Waals surface area contributed by atoms with Gasteiger partial charge in [-0.05, 0) is 37.0 Å². The van der Waals surface area contributed by atoms with Gasteiger partial charge in [0.1, 0.15) is 11.6 Å². The van der Waals surface area contributed by atoms with Crippen LogP contribution in [0.1, 0.15) is 61.8 Å². The molecule has 5 nitrogen and oxygen atoms in total. The van der Waals surface area contributed by atoms with E-state index in [1.165, 1.54) is 0 Å². The van der Waals surface area contributed by atoms with Gasteiger partial charge in [0.25, 0.3) is 5.91 Å². The lowest BCUT2D eigenvalue weighted by Gasteiger charge is -2.23. The van der Waals surface area contributed by atoms with E-state index in [0.717, 1.165) is 40.4 Å². The fourth-order valence-electron chi connectivity index (χ4n) is 3.24. The molecule has 0 spiro atoms. The van der Waals surface area contributed by atoms with Crippen LogP contribution in [0.5, 0.6) is 5.75 Å². The molecule has 1 aliphatic rings. The quantitative estimate of drug-likeness (QED) is 0.821. The van der Waals surface area contributed by atoms with E-state index < -0.39 is 6.10 Å². The fraction of sp³-hybridized carbons (Fsp3) is 0.476. The maximum absolute atomic E-state index is 12.9. The van der Waals surface area contributed by atoms with Crippen LogP contribution in [0.2, 0.25) is 0 Å². The number of benzene rings is 1. The molecule has 2 heterocycles.